The molecule has 2 aliphatic rings. The second kappa shape index (κ2) is 9.29. The lowest BCUT2D eigenvalue weighted by molar-refractivity contribution is -0.135. The van der Waals surface area contributed by atoms with E-state index in [1.165, 1.54) is 28.7 Å². The van der Waals surface area contributed by atoms with E-state index >= 15 is 0 Å². The predicted octanol–water partition coefficient (Wildman–Crippen LogP) is 3.21. The van der Waals surface area contributed by atoms with Gasteiger partial charge in [0.1, 0.15) is 11.9 Å². The van der Waals surface area contributed by atoms with E-state index in [2.05, 4.69) is 22.2 Å². The molecule has 3 N–H and O–H groups in total. The second-order valence-corrected chi connectivity index (χ2v) is 9.01. The van der Waals surface area contributed by atoms with Crippen LogP contribution in [0.4, 0.5) is 10.1 Å². The van der Waals surface area contributed by atoms with Crippen LogP contribution >= 0.6 is 0 Å². The topological polar surface area (TPSA) is 94.3 Å². The van der Waals surface area contributed by atoms with Gasteiger partial charge in [-0.25, -0.2) is 4.39 Å². The molecule has 2 heterocycles. The Labute approximate surface area is 198 Å². The highest BCUT2D eigenvalue weighted by Gasteiger charge is 2.28. The van der Waals surface area contributed by atoms with Crippen molar-refractivity contribution in [3.05, 3.63) is 64.7 Å². The maximum absolute atomic E-state index is 13.8. The number of likely N-dealkylation sites (N-methyl/N-ethyl adjacent to an activating group) is 1. The van der Waals surface area contributed by atoms with Crippen LogP contribution in [-0.4, -0.2) is 47.2 Å². The molecule has 7 nitrogen and oxygen atoms in total. The summed E-state index contributed by atoms with van der Waals surface area (Å²) in [6.45, 7) is 7.68. The second-order valence-electron chi connectivity index (χ2n) is 9.01. The van der Waals surface area contributed by atoms with Gasteiger partial charge in [0, 0.05) is 36.2 Å². The van der Waals surface area contributed by atoms with Gasteiger partial charge in [0.2, 0.25) is 11.8 Å². The van der Waals surface area contributed by atoms with E-state index in [-0.39, 0.29) is 29.5 Å². The molecule has 2 atom stereocenters. The highest BCUT2D eigenvalue weighted by molar-refractivity contribution is 6.34. The van der Waals surface area contributed by atoms with Crippen LogP contribution in [0.5, 0.6) is 0 Å². The molecule has 1 aliphatic heterocycles. The Morgan fingerprint density at radius 2 is 2.15 bits per heavy atom. The highest BCUT2D eigenvalue weighted by atomic mass is 19.1. The van der Waals surface area contributed by atoms with Gasteiger partial charge in [-0.15, -0.1) is 0 Å². The van der Waals surface area contributed by atoms with Gasteiger partial charge in [0.05, 0.1) is 5.57 Å². The van der Waals surface area contributed by atoms with Crippen molar-refractivity contribution in [1.82, 2.24) is 15.2 Å². The van der Waals surface area contributed by atoms with Gasteiger partial charge in [0.15, 0.2) is 0 Å². The normalized spacial score (nSPS) is 18.6. The van der Waals surface area contributed by atoms with Crippen LogP contribution in [0, 0.1) is 18.7 Å². The third-order valence-corrected chi connectivity index (χ3v) is 6.90. The zero-order chi connectivity index (χ0) is 24.6. The van der Waals surface area contributed by atoms with Crippen molar-refractivity contribution >= 4 is 35.1 Å². The van der Waals surface area contributed by atoms with Crippen LogP contribution in [0.25, 0.3) is 11.6 Å². The van der Waals surface area contributed by atoms with Gasteiger partial charge in [-0.1, -0.05) is 6.58 Å². The van der Waals surface area contributed by atoms with E-state index in [0.717, 1.165) is 36.2 Å². The first-order valence-electron chi connectivity index (χ1n) is 11.4. The number of amides is 3. The fourth-order valence-electron chi connectivity index (χ4n) is 4.64. The standard InChI is InChI=1S/C26H29FN4O3/c1-5-24(32)31(4)15(3)25(33)28-13-16-6-8-18-14(2)22(29-23(18)10-16)12-20-19-11-17(27)7-9-21(19)30-26(20)34/h5,7,9,11-12,15-16,29H,1,6,8,10,13H2,2-4H3,(H,28,33)(H,30,34)/b20-12-/t15-,16-/m0/s1. The lowest BCUT2D eigenvalue weighted by atomic mass is 9.86. The van der Waals surface area contributed by atoms with Crippen LogP contribution in [0.3, 0.4) is 0 Å². The Bertz CT molecular complexity index is 1210. The Hall–Kier alpha value is -3.68. The number of halogens is 1. The molecule has 1 aromatic carbocycles. The van der Waals surface area contributed by atoms with Gasteiger partial charge in [-0.2, -0.15) is 0 Å². The Kier molecular flexibility index (Phi) is 6.41. The molecule has 4 rings (SSSR count). The molecule has 2 aromatic rings. The number of hydrogen-bond acceptors (Lipinski definition) is 3. The molecule has 8 heteroatoms. The van der Waals surface area contributed by atoms with Crippen molar-refractivity contribution in [3.63, 3.8) is 0 Å². The largest absolute Gasteiger partial charge is 0.358 e. The van der Waals surface area contributed by atoms with Crippen molar-refractivity contribution in [2.45, 2.75) is 39.2 Å². The fourth-order valence-corrected chi connectivity index (χ4v) is 4.64. The quantitative estimate of drug-likeness (QED) is 0.573. The number of H-pyrrole nitrogens is 1. The molecule has 1 aliphatic carbocycles. The van der Waals surface area contributed by atoms with E-state index in [4.69, 9.17) is 0 Å². The third kappa shape index (κ3) is 4.40. The van der Waals surface area contributed by atoms with Gasteiger partial charge in [0.25, 0.3) is 5.91 Å². The molecule has 0 fully saturated rings. The summed E-state index contributed by atoms with van der Waals surface area (Å²) in [7, 11) is 1.58. The van der Waals surface area contributed by atoms with Crippen LogP contribution in [0.2, 0.25) is 0 Å². The lowest BCUT2D eigenvalue weighted by Crippen LogP contribution is -2.46. The number of rotatable bonds is 6. The summed E-state index contributed by atoms with van der Waals surface area (Å²) < 4.78 is 13.8. The van der Waals surface area contributed by atoms with Gasteiger partial charge < -0.3 is 20.5 Å². The predicted molar refractivity (Wildman–Crippen MR) is 129 cm³/mol. The maximum atomic E-state index is 13.8. The van der Waals surface area contributed by atoms with E-state index < -0.39 is 6.04 Å². The Balaban J connectivity index is 1.46. The maximum Gasteiger partial charge on any atom is 0.256 e. The summed E-state index contributed by atoms with van der Waals surface area (Å²) in [6.07, 6.45) is 5.54. The van der Waals surface area contributed by atoms with Gasteiger partial charge in [-0.05, 0) is 80.5 Å². The number of benzene rings is 1. The summed E-state index contributed by atoms with van der Waals surface area (Å²) in [5, 5.41) is 5.74. The molecule has 3 amide bonds. The number of carbonyl (C=O) groups excluding carboxylic acids is 3. The molecule has 0 spiro atoms. The average molecular weight is 465 g/mol. The van der Waals surface area contributed by atoms with Crippen molar-refractivity contribution < 1.29 is 18.8 Å². The smallest absolute Gasteiger partial charge is 0.256 e. The fraction of sp³-hybridized carbons (Fsp3) is 0.346. The number of anilines is 1. The molecule has 0 saturated carbocycles. The van der Waals surface area contributed by atoms with Crippen LogP contribution in [-0.2, 0) is 27.2 Å². The van der Waals surface area contributed by atoms with Gasteiger partial charge >= 0.3 is 0 Å². The average Bonchev–Trinajstić information content (AvgIpc) is 3.31. The number of carbonyl (C=O) groups is 3. The first-order chi connectivity index (χ1) is 16.2. The molecule has 0 unspecified atom stereocenters. The van der Waals surface area contributed by atoms with E-state index in [9.17, 15) is 18.8 Å². The molecule has 178 valence electrons. The van der Waals surface area contributed by atoms with Crippen LogP contribution in [0.1, 0.15) is 41.4 Å². The summed E-state index contributed by atoms with van der Waals surface area (Å²) >= 11 is 0. The number of hydrogen-bond donors (Lipinski definition) is 3. The summed E-state index contributed by atoms with van der Waals surface area (Å²) in [6, 6.07) is 3.69. The van der Waals surface area contributed by atoms with Crippen LogP contribution in [0.15, 0.2) is 30.9 Å². The third-order valence-electron chi connectivity index (χ3n) is 6.90. The number of aromatic amines is 1. The Morgan fingerprint density at radius 1 is 1.38 bits per heavy atom. The molecule has 0 saturated heterocycles. The molecular weight excluding hydrogens is 435 g/mol. The zero-order valence-corrected chi connectivity index (χ0v) is 19.6. The highest BCUT2D eigenvalue weighted by Crippen LogP contribution is 2.36. The van der Waals surface area contributed by atoms with Crippen molar-refractivity contribution in [2.24, 2.45) is 5.92 Å². The van der Waals surface area contributed by atoms with Gasteiger partial charge in [-0.3, -0.25) is 14.4 Å². The molecule has 0 radical (unpaired) electrons. The minimum atomic E-state index is -0.583. The molecular formula is C26H29FN4O3. The number of nitrogens with one attached hydrogen (secondary N) is 3. The van der Waals surface area contributed by atoms with Crippen molar-refractivity contribution in [3.8, 4) is 0 Å². The van der Waals surface area contributed by atoms with E-state index in [1.54, 1.807) is 26.1 Å². The molecule has 34 heavy (non-hydrogen) atoms. The number of nitrogens with zero attached hydrogens (tertiary/aromatic N) is 1. The SMILES string of the molecule is C=CC(=O)N(C)[C@@H](C)C(=O)NC[C@H]1CCc2c([nH]c(/C=C3\C(=O)Nc4ccc(F)cc43)c2C)C1. The number of fused-ring (bicyclic) bond motifs is 2. The monoisotopic (exact) mass is 464 g/mol. The zero-order valence-electron chi connectivity index (χ0n) is 19.6. The van der Waals surface area contributed by atoms with Crippen LogP contribution < -0.4 is 10.6 Å². The minimum absolute atomic E-state index is 0.199. The molecule has 0 bridgehead atoms. The van der Waals surface area contributed by atoms with E-state index in [0.29, 0.717) is 23.4 Å². The summed E-state index contributed by atoms with van der Waals surface area (Å²) in [4.78, 5) is 41.5. The summed E-state index contributed by atoms with van der Waals surface area (Å²) in [5.74, 6) is -0.873. The lowest BCUT2D eigenvalue weighted by Gasteiger charge is -2.26. The minimum Gasteiger partial charge on any atom is -0.358 e. The number of aromatic nitrogens is 1. The first-order valence-corrected chi connectivity index (χ1v) is 11.4. The first kappa shape index (κ1) is 23.5. The Morgan fingerprint density at radius 3 is 2.88 bits per heavy atom. The summed E-state index contributed by atoms with van der Waals surface area (Å²) in [5.41, 5.74) is 5.86. The van der Waals surface area contributed by atoms with Crippen molar-refractivity contribution in [2.75, 3.05) is 18.9 Å². The van der Waals surface area contributed by atoms with Crippen molar-refractivity contribution in [1.29, 1.82) is 0 Å². The molecule has 1 aromatic heterocycles. The van der Waals surface area contributed by atoms with E-state index in [1.807, 2.05) is 6.92 Å².